The number of hydrogen-bond donors (Lipinski definition) is 2. The van der Waals surface area contributed by atoms with Crippen molar-refractivity contribution in [3.8, 4) is 0 Å². The molecule has 0 aliphatic carbocycles. The molecule has 1 atom stereocenters. The molecule has 1 aromatic carbocycles. The van der Waals surface area contributed by atoms with Gasteiger partial charge in [-0.25, -0.2) is 9.37 Å². The number of aryl methyl sites for hydroxylation is 1. The third-order valence-corrected chi connectivity index (χ3v) is 4.77. The quantitative estimate of drug-likeness (QED) is 0.849. The lowest BCUT2D eigenvalue weighted by Gasteiger charge is -2.07. The molecule has 0 aliphatic heterocycles. The van der Waals surface area contributed by atoms with E-state index < -0.39 is 5.82 Å². The smallest absolute Gasteiger partial charge is 0.263 e. The Morgan fingerprint density at radius 1 is 1.52 bits per heavy atom. The van der Waals surface area contributed by atoms with Crippen LogP contribution in [0.2, 0.25) is 0 Å². The summed E-state index contributed by atoms with van der Waals surface area (Å²) < 4.78 is 18.5. The molecule has 0 aliphatic rings. The Labute approximate surface area is 138 Å². The Balaban J connectivity index is 2.06. The number of halogens is 1. The van der Waals surface area contributed by atoms with Gasteiger partial charge in [0.25, 0.3) is 5.91 Å². The number of methoxy groups -OCH3 is 1. The summed E-state index contributed by atoms with van der Waals surface area (Å²) >= 11 is 1.30. The van der Waals surface area contributed by atoms with Crippen LogP contribution in [0.5, 0.6) is 0 Å². The zero-order valence-electron chi connectivity index (χ0n) is 13.2. The first-order valence-corrected chi connectivity index (χ1v) is 7.94. The summed E-state index contributed by atoms with van der Waals surface area (Å²) in [6.07, 6.45) is -0.163. The van der Waals surface area contributed by atoms with E-state index in [0.29, 0.717) is 10.6 Å². The number of carbonyl (C=O) groups is 1. The molecule has 0 saturated carbocycles. The number of aromatic nitrogens is 1. The number of nitrogens with zero attached hydrogens (tertiary/aromatic N) is 1. The molecule has 23 heavy (non-hydrogen) atoms. The van der Waals surface area contributed by atoms with Crippen molar-refractivity contribution in [2.75, 3.05) is 7.11 Å². The van der Waals surface area contributed by atoms with Gasteiger partial charge in [0.2, 0.25) is 0 Å². The van der Waals surface area contributed by atoms with Crippen molar-refractivity contribution in [3.63, 3.8) is 0 Å². The summed E-state index contributed by atoms with van der Waals surface area (Å²) in [6, 6.07) is 4.39. The highest BCUT2D eigenvalue weighted by Gasteiger charge is 2.18. The van der Waals surface area contributed by atoms with Gasteiger partial charge in [0, 0.05) is 19.2 Å². The van der Waals surface area contributed by atoms with Gasteiger partial charge in [-0.2, -0.15) is 0 Å². The number of nitrogens with one attached hydrogen (secondary N) is 1. The fraction of sp³-hybridized carbons (Fsp3) is 0.375. The van der Waals surface area contributed by atoms with Crippen molar-refractivity contribution in [3.05, 3.63) is 50.7 Å². The van der Waals surface area contributed by atoms with Gasteiger partial charge in [-0.05, 0) is 31.5 Å². The monoisotopic (exact) mass is 338 g/mol. The standard InChI is InChI=1S/C16H19FN2O3S/c1-9-14(23-16(19-9)10(2)22-3)15(21)18-7-11-4-5-13(17)12(6-11)8-20/h4-6,10,20H,7-8H2,1-3H3,(H,18,21). The van der Waals surface area contributed by atoms with E-state index in [4.69, 9.17) is 9.84 Å². The van der Waals surface area contributed by atoms with Gasteiger partial charge in [0.15, 0.2) is 0 Å². The lowest BCUT2D eigenvalue weighted by Crippen LogP contribution is -2.22. The molecular formula is C16H19FN2O3S. The Morgan fingerprint density at radius 2 is 2.26 bits per heavy atom. The second-order valence-corrected chi connectivity index (χ2v) is 6.14. The molecule has 0 spiro atoms. The molecule has 1 unspecified atom stereocenters. The van der Waals surface area contributed by atoms with Crippen LogP contribution >= 0.6 is 11.3 Å². The number of hydrogen-bond acceptors (Lipinski definition) is 5. The van der Waals surface area contributed by atoms with E-state index in [0.717, 1.165) is 10.6 Å². The van der Waals surface area contributed by atoms with Crippen LogP contribution in [0.15, 0.2) is 18.2 Å². The topological polar surface area (TPSA) is 71.5 Å². The fourth-order valence-electron chi connectivity index (χ4n) is 2.02. The first-order chi connectivity index (χ1) is 11.0. The van der Waals surface area contributed by atoms with Crippen LogP contribution in [0.3, 0.4) is 0 Å². The maximum atomic E-state index is 13.3. The number of benzene rings is 1. The van der Waals surface area contributed by atoms with E-state index in [2.05, 4.69) is 10.3 Å². The molecule has 5 nitrogen and oxygen atoms in total. The van der Waals surface area contributed by atoms with Crippen LogP contribution in [-0.4, -0.2) is 23.1 Å². The maximum Gasteiger partial charge on any atom is 0.263 e. The van der Waals surface area contributed by atoms with Crippen LogP contribution in [0.4, 0.5) is 4.39 Å². The minimum atomic E-state index is -0.459. The molecule has 0 bridgehead atoms. The minimum Gasteiger partial charge on any atom is -0.392 e. The highest BCUT2D eigenvalue weighted by atomic mass is 32.1. The SMILES string of the molecule is COC(C)c1nc(C)c(C(=O)NCc2ccc(F)c(CO)c2)s1. The molecule has 2 N–H and O–H groups in total. The van der Waals surface area contributed by atoms with Crippen molar-refractivity contribution < 1.29 is 19.0 Å². The van der Waals surface area contributed by atoms with Crippen molar-refractivity contribution >= 4 is 17.2 Å². The molecule has 7 heteroatoms. The highest BCUT2D eigenvalue weighted by molar-refractivity contribution is 7.13. The average Bonchev–Trinajstić information content (AvgIpc) is 2.95. The maximum absolute atomic E-state index is 13.3. The van der Waals surface area contributed by atoms with Crippen LogP contribution in [-0.2, 0) is 17.9 Å². The molecule has 0 radical (unpaired) electrons. The molecule has 1 amide bonds. The van der Waals surface area contributed by atoms with Gasteiger partial charge in [-0.15, -0.1) is 11.3 Å². The van der Waals surface area contributed by atoms with Gasteiger partial charge < -0.3 is 15.2 Å². The van der Waals surface area contributed by atoms with Crippen LogP contribution < -0.4 is 5.32 Å². The van der Waals surface area contributed by atoms with E-state index in [9.17, 15) is 9.18 Å². The zero-order chi connectivity index (χ0) is 17.0. The number of aliphatic hydroxyl groups is 1. The Kier molecular flexibility index (Phi) is 5.81. The predicted octanol–water partition coefficient (Wildman–Crippen LogP) is 2.72. The van der Waals surface area contributed by atoms with E-state index in [-0.39, 0.29) is 30.7 Å². The van der Waals surface area contributed by atoms with Gasteiger partial charge in [0.1, 0.15) is 21.8 Å². The normalized spacial score (nSPS) is 12.2. The lowest BCUT2D eigenvalue weighted by molar-refractivity contribution is 0.0954. The second-order valence-electron chi connectivity index (χ2n) is 5.11. The number of amides is 1. The van der Waals surface area contributed by atoms with Crippen molar-refractivity contribution in [1.29, 1.82) is 0 Å². The molecule has 1 aromatic heterocycles. The number of ether oxygens (including phenoxy) is 1. The lowest BCUT2D eigenvalue weighted by atomic mass is 10.1. The number of aliphatic hydroxyl groups excluding tert-OH is 1. The Hall–Kier alpha value is -1.83. The first kappa shape index (κ1) is 17.5. The van der Waals surface area contributed by atoms with E-state index in [1.807, 2.05) is 6.92 Å². The van der Waals surface area contributed by atoms with E-state index in [1.165, 1.54) is 23.5 Å². The largest absolute Gasteiger partial charge is 0.392 e. The second kappa shape index (κ2) is 7.63. The van der Waals surface area contributed by atoms with Gasteiger partial charge >= 0.3 is 0 Å². The molecule has 124 valence electrons. The number of rotatable bonds is 6. The van der Waals surface area contributed by atoms with Gasteiger partial charge in [-0.1, -0.05) is 6.07 Å². The molecule has 2 rings (SSSR count). The summed E-state index contributed by atoms with van der Waals surface area (Å²) in [7, 11) is 1.59. The predicted molar refractivity (Wildman–Crippen MR) is 85.8 cm³/mol. The third-order valence-electron chi connectivity index (χ3n) is 3.45. The fourth-order valence-corrected chi connectivity index (χ4v) is 3.04. The number of carbonyl (C=O) groups excluding carboxylic acids is 1. The van der Waals surface area contributed by atoms with E-state index in [1.54, 1.807) is 20.1 Å². The Morgan fingerprint density at radius 3 is 2.91 bits per heavy atom. The third kappa shape index (κ3) is 4.13. The minimum absolute atomic E-state index is 0.163. The van der Waals surface area contributed by atoms with Crippen molar-refractivity contribution in [1.82, 2.24) is 10.3 Å². The van der Waals surface area contributed by atoms with Crippen LogP contribution in [0, 0.1) is 12.7 Å². The summed E-state index contributed by atoms with van der Waals surface area (Å²) in [5, 5.41) is 12.6. The average molecular weight is 338 g/mol. The highest BCUT2D eigenvalue weighted by Crippen LogP contribution is 2.25. The van der Waals surface area contributed by atoms with Crippen LogP contribution in [0.1, 0.15) is 44.5 Å². The molecular weight excluding hydrogens is 319 g/mol. The van der Waals surface area contributed by atoms with Crippen LogP contribution in [0.25, 0.3) is 0 Å². The molecule has 2 aromatic rings. The van der Waals surface area contributed by atoms with Crippen molar-refractivity contribution in [2.45, 2.75) is 33.1 Å². The summed E-state index contributed by atoms with van der Waals surface area (Å²) in [6.45, 7) is 3.52. The van der Waals surface area contributed by atoms with Crippen molar-refractivity contribution in [2.24, 2.45) is 0 Å². The molecule has 0 saturated heterocycles. The van der Waals surface area contributed by atoms with E-state index >= 15 is 0 Å². The molecule has 0 fully saturated rings. The zero-order valence-corrected chi connectivity index (χ0v) is 14.0. The Bertz CT molecular complexity index is 703. The number of thiazole rings is 1. The summed E-state index contributed by atoms with van der Waals surface area (Å²) in [4.78, 5) is 17.2. The summed E-state index contributed by atoms with van der Waals surface area (Å²) in [5.74, 6) is -0.691. The van der Waals surface area contributed by atoms with Gasteiger partial charge in [-0.3, -0.25) is 4.79 Å². The van der Waals surface area contributed by atoms with Gasteiger partial charge in [0.05, 0.1) is 12.3 Å². The summed E-state index contributed by atoms with van der Waals surface area (Å²) in [5.41, 5.74) is 1.58. The first-order valence-electron chi connectivity index (χ1n) is 7.12. The molecule has 1 heterocycles.